The van der Waals surface area contributed by atoms with Crippen LogP contribution in [0.2, 0.25) is 0 Å². The zero-order valence-electron chi connectivity index (χ0n) is 10.4. The summed E-state index contributed by atoms with van der Waals surface area (Å²) in [4.78, 5) is 22.1. The van der Waals surface area contributed by atoms with Crippen LogP contribution in [0.5, 0.6) is 0 Å². The van der Waals surface area contributed by atoms with Crippen LogP contribution in [0.4, 0.5) is 5.82 Å². The van der Waals surface area contributed by atoms with Gasteiger partial charge >= 0.3 is 0 Å². The van der Waals surface area contributed by atoms with Crippen LogP contribution in [0.1, 0.15) is 21.6 Å². The van der Waals surface area contributed by atoms with Crippen molar-refractivity contribution in [3.63, 3.8) is 0 Å². The molecule has 96 valence electrons. The Morgan fingerprint density at radius 3 is 2.68 bits per heavy atom. The van der Waals surface area contributed by atoms with E-state index in [1.54, 1.807) is 4.90 Å². The van der Waals surface area contributed by atoms with Crippen LogP contribution in [0.15, 0.2) is 36.7 Å². The summed E-state index contributed by atoms with van der Waals surface area (Å²) < 4.78 is 0. The highest BCUT2D eigenvalue weighted by molar-refractivity contribution is 5.96. The first kappa shape index (κ1) is 11.6. The number of anilines is 1. The van der Waals surface area contributed by atoms with Crippen molar-refractivity contribution < 1.29 is 4.79 Å². The third-order valence-corrected chi connectivity index (χ3v) is 3.35. The summed E-state index contributed by atoms with van der Waals surface area (Å²) in [6.45, 7) is 1.29. The molecule has 5 heteroatoms. The molecule has 1 amide bonds. The molecular formula is C14H14N4O. The molecule has 3 rings (SSSR count). The highest BCUT2D eigenvalue weighted by Crippen LogP contribution is 2.20. The molecule has 19 heavy (non-hydrogen) atoms. The van der Waals surface area contributed by atoms with E-state index in [2.05, 4.69) is 22.1 Å². The second-order valence-corrected chi connectivity index (χ2v) is 4.54. The average molecular weight is 254 g/mol. The normalized spacial score (nSPS) is 14.0. The third kappa shape index (κ3) is 2.14. The first-order valence-electron chi connectivity index (χ1n) is 6.18. The quantitative estimate of drug-likeness (QED) is 0.831. The molecule has 2 N–H and O–H groups in total. The van der Waals surface area contributed by atoms with Crippen LogP contribution in [-0.4, -0.2) is 27.3 Å². The average Bonchev–Trinajstić information content (AvgIpc) is 2.46. The molecule has 2 heterocycles. The first-order valence-corrected chi connectivity index (χ1v) is 6.18. The summed E-state index contributed by atoms with van der Waals surface area (Å²) in [6, 6.07) is 8.17. The molecule has 1 aromatic heterocycles. The summed E-state index contributed by atoms with van der Waals surface area (Å²) >= 11 is 0. The predicted octanol–water partition coefficient (Wildman–Crippen LogP) is 1.26. The number of nitrogen functional groups attached to an aromatic ring is 1. The van der Waals surface area contributed by atoms with Crippen molar-refractivity contribution in [3.05, 3.63) is 53.5 Å². The predicted molar refractivity (Wildman–Crippen MR) is 71.3 cm³/mol. The maximum atomic E-state index is 12.4. The minimum atomic E-state index is -0.153. The lowest BCUT2D eigenvalue weighted by molar-refractivity contribution is 0.0729. The Bertz CT molecular complexity index is 626. The highest BCUT2D eigenvalue weighted by Gasteiger charge is 2.24. The summed E-state index contributed by atoms with van der Waals surface area (Å²) in [6.07, 6.45) is 3.83. The van der Waals surface area contributed by atoms with Crippen molar-refractivity contribution in [2.75, 3.05) is 12.3 Å². The molecule has 2 aromatic rings. The maximum absolute atomic E-state index is 12.4. The molecule has 5 nitrogen and oxygen atoms in total. The van der Waals surface area contributed by atoms with Gasteiger partial charge in [0.25, 0.3) is 5.91 Å². The fourth-order valence-electron chi connectivity index (χ4n) is 2.33. The molecule has 0 atom stereocenters. The molecule has 1 aliphatic heterocycles. The summed E-state index contributed by atoms with van der Waals surface area (Å²) in [5, 5.41) is 0. The van der Waals surface area contributed by atoms with Gasteiger partial charge in [0, 0.05) is 25.5 Å². The molecule has 1 aromatic carbocycles. The Morgan fingerprint density at radius 2 is 1.89 bits per heavy atom. The van der Waals surface area contributed by atoms with Crippen LogP contribution in [0, 0.1) is 0 Å². The number of nitrogens with two attached hydrogens (primary N) is 1. The fourth-order valence-corrected chi connectivity index (χ4v) is 2.33. The van der Waals surface area contributed by atoms with Gasteiger partial charge in [0.2, 0.25) is 0 Å². The molecule has 0 aliphatic carbocycles. The number of hydrogen-bond acceptors (Lipinski definition) is 4. The number of carbonyl (C=O) groups is 1. The van der Waals surface area contributed by atoms with Crippen LogP contribution in [0.25, 0.3) is 0 Å². The van der Waals surface area contributed by atoms with Crippen molar-refractivity contribution in [3.8, 4) is 0 Å². The molecule has 0 saturated carbocycles. The van der Waals surface area contributed by atoms with Crippen molar-refractivity contribution in [2.24, 2.45) is 0 Å². The molecule has 0 radical (unpaired) electrons. The lowest BCUT2D eigenvalue weighted by Gasteiger charge is -2.28. The van der Waals surface area contributed by atoms with E-state index in [0.717, 1.165) is 6.42 Å². The lowest BCUT2D eigenvalue weighted by Crippen LogP contribution is -2.36. The Hall–Kier alpha value is -2.43. The Balaban J connectivity index is 1.86. The third-order valence-electron chi connectivity index (χ3n) is 3.35. The van der Waals surface area contributed by atoms with E-state index in [-0.39, 0.29) is 17.4 Å². The van der Waals surface area contributed by atoms with E-state index in [0.29, 0.717) is 13.1 Å². The zero-order chi connectivity index (χ0) is 13.2. The van der Waals surface area contributed by atoms with Gasteiger partial charge in [0.1, 0.15) is 0 Å². The Kier molecular flexibility index (Phi) is 2.87. The smallest absolute Gasteiger partial charge is 0.276 e. The number of fused-ring (bicyclic) bond motifs is 1. The number of hydrogen-bond donors (Lipinski definition) is 1. The van der Waals surface area contributed by atoms with Crippen LogP contribution in [-0.2, 0) is 13.0 Å². The number of nitrogens with zero attached hydrogens (tertiary/aromatic N) is 3. The lowest BCUT2D eigenvalue weighted by atomic mass is 10.00. The second-order valence-electron chi connectivity index (χ2n) is 4.54. The SMILES string of the molecule is Nc1nccnc1C(=O)N1CCc2ccccc2C1. The van der Waals surface area contributed by atoms with E-state index >= 15 is 0 Å². The van der Waals surface area contributed by atoms with E-state index in [1.807, 2.05) is 12.1 Å². The van der Waals surface area contributed by atoms with Crippen molar-refractivity contribution >= 4 is 11.7 Å². The monoisotopic (exact) mass is 254 g/mol. The van der Waals surface area contributed by atoms with E-state index in [1.165, 1.54) is 23.5 Å². The van der Waals surface area contributed by atoms with Crippen molar-refractivity contribution in [1.82, 2.24) is 14.9 Å². The van der Waals surface area contributed by atoms with Crippen molar-refractivity contribution in [2.45, 2.75) is 13.0 Å². The highest BCUT2D eigenvalue weighted by atomic mass is 16.2. The standard InChI is InChI=1S/C14H14N4O/c15-13-12(16-6-7-17-13)14(19)18-8-5-10-3-1-2-4-11(10)9-18/h1-4,6-7H,5,8-9H2,(H2,15,17). The number of carbonyl (C=O) groups excluding carboxylic acids is 1. The van der Waals surface area contributed by atoms with Crippen LogP contribution < -0.4 is 5.73 Å². The van der Waals surface area contributed by atoms with Gasteiger partial charge in [-0.2, -0.15) is 0 Å². The van der Waals surface area contributed by atoms with Gasteiger partial charge in [-0.15, -0.1) is 0 Å². The van der Waals surface area contributed by atoms with Gasteiger partial charge in [-0.3, -0.25) is 4.79 Å². The largest absolute Gasteiger partial charge is 0.382 e. The molecule has 0 fully saturated rings. The zero-order valence-corrected chi connectivity index (χ0v) is 10.4. The van der Waals surface area contributed by atoms with Gasteiger partial charge in [-0.25, -0.2) is 9.97 Å². The molecule has 0 unspecified atom stereocenters. The fraction of sp³-hybridized carbons (Fsp3) is 0.214. The number of aromatic nitrogens is 2. The van der Waals surface area contributed by atoms with E-state index in [9.17, 15) is 4.79 Å². The Labute approximate surface area is 111 Å². The van der Waals surface area contributed by atoms with Gasteiger partial charge in [0.15, 0.2) is 11.5 Å². The summed E-state index contributed by atoms with van der Waals surface area (Å²) in [5.41, 5.74) is 8.43. The van der Waals surface area contributed by atoms with Crippen LogP contribution >= 0.6 is 0 Å². The summed E-state index contributed by atoms with van der Waals surface area (Å²) in [5.74, 6) is 0.0338. The molecule has 0 saturated heterocycles. The number of amides is 1. The second kappa shape index (κ2) is 4.68. The number of rotatable bonds is 1. The molecule has 0 spiro atoms. The molecule has 1 aliphatic rings. The van der Waals surface area contributed by atoms with E-state index < -0.39 is 0 Å². The number of benzene rings is 1. The van der Waals surface area contributed by atoms with E-state index in [4.69, 9.17) is 5.73 Å². The minimum absolute atomic E-state index is 0.153. The van der Waals surface area contributed by atoms with Crippen molar-refractivity contribution in [1.29, 1.82) is 0 Å². The van der Waals surface area contributed by atoms with Gasteiger partial charge in [-0.05, 0) is 17.5 Å². The van der Waals surface area contributed by atoms with Crippen LogP contribution in [0.3, 0.4) is 0 Å². The van der Waals surface area contributed by atoms with Gasteiger partial charge < -0.3 is 10.6 Å². The van der Waals surface area contributed by atoms with Gasteiger partial charge in [0.05, 0.1) is 0 Å². The maximum Gasteiger partial charge on any atom is 0.276 e. The Morgan fingerprint density at radius 1 is 1.16 bits per heavy atom. The molecule has 0 bridgehead atoms. The summed E-state index contributed by atoms with van der Waals surface area (Å²) in [7, 11) is 0. The minimum Gasteiger partial charge on any atom is -0.382 e. The topological polar surface area (TPSA) is 72.1 Å². The first-order chi connectivity index (χ1) is 9.25. The molecular weight excluding hydrogens is 240 g/mol. The van der Waals surface area contributed by atoms with Gasteiger partial charge in [-0.1, -0.05) is 24.3 Å².